The predicted molar refractivity (Wildman–Crippen MR) is 128 cm³/mol. The van der Waals surface area contributed by atoms with Crippen molar-refractivity contribution in [3.05, 3.63) is 81.9 Å². The number of ether oxygens (including phenoxy) is 1. The average molecular weight is 500 g/mol. The molecule has 0 saturated carbocycles. The minimum Gasteiger partial charge on any atom is -0.504 e. The third-order valence-electron chi connectivity index (χ3n) is 4.60. The van der Waals surface area contributed by atoms with Crippen LogP contribution >= 0.6 is 0 Å². The number of nitro benzene ring substituents is 1. The van der Waals surface area contributed by atoms with Gasteiger partial charge in [0.1, 0.15) is 5.69 Å². The first kappa shape index (κ1) is 25.0. The van der Waals surface area contributed by atoms with E-state index in [1.165, 1.54) is 30.5 Å². The van der Waals surface area contributed by atoms with Crippen molar-refractivity contribution in [3.8, 4) is 11.5 Å². The van der Waals surface area contributed by atoms with Gasteiger partial charge in [-0.15, -0.1) is 0 Å². The van der Waals surface area contributed by atoms with E-state index in [0.29, 0.717) is 6.61 Å². The summed E-state index contributed by atoms with van der Waals surface area (Å²) in [6.07, 6.45) is 1.22. The van der Waals surface area contributed by atoms with Crippen LogP contribution in [-0.2, 0) is 10.0 Å². The molecule has 0 aliphatic rings. The van der Waals surface area contributed by atoms with Crippen LogP contribution in [0.25, 0.3) is 0 Å². The Bertz CT molecular complexity index is 1410. The topological polar surface area (TPSA) is 180 Å². The van der Waals surface area contributed by atoms with E-state index >= 15 is 0 Å². The van der Waals surface area contributed by atoms with Crippen molar-refractivity contribution in [2.24, 2.45) is 5.10 Å². The quantitative estimate of drug-likeness (QED) is 0.183. The Morgan fingerprint density at radius 2 is 1.89 bits per heavy atom. The number of sulfonamides is 1. The Balaban J connectivity index is 1.87. The van der Waals surface area contributed by atoms with Crippen LogP contribution in [0, 0.1) is 10.1 Å². The minimum absolute atomic E-state index is 0.114. The molecule has 13 heteroatoms. The van der Waals surface area contributed by atoms with Gasteiger partial charge in [-0.2, -0.15) is 5.10 Å². The molecule has 4 N–H and O–H groups in total. The summed E-state index contributed by atoms with van der Waals surface area (Å²) in [7, 11) is -4.35. The summed E-state index contributed by atoms with van der Waals surface area (Å²) < 4.78 is 33.0. The van der Waals surface area contributed by atoms with Crippen LogP contribution in [0.5, 0.6) is 11.5 Å². The molecule has 0 heterocycles. The first-order valence-electron chi connectivity index (χ1n) is 10.0. The molecule has 0 amide bonds. The fourth-order valence-electron chi connectivity index (χ4n) is 2.97. The molecule has 0 unspecified atom stereocenters. The molecule has 35 heavy (non-hydrogen) atoms. The van der Waals surface area contributed by atoms with Crippen molar-refractivity contribution >= 4 is 39.3 Å². The van der Waals surface area contributed by atoms with E-state index in [9.17, 15) is 33.5 Å². The first-order chi connectivity index (χ1) is 16.6. The van der Waals surface area contributed by atoms with Crippen LogP contribution in [0.1, 0.15) is 22.8 Å². The maximum atomic E-state index is 12.8. The normalized spacial score (nSPS) is 11.2. The van der Waals surface area contributed by atoms with Crippen LogP contribution in [0.3, 0.4) is 0 Å². The highest BCUT2D eigenvalue weighted by Gasteiger charge is 2.23. The number of carbonyl (C=O) groups is 1. The van der Waals surface area contributed by atoms with Gasteiger partial charge in [-0.25, -0.2) is 13.2 Å². The number of hydrazone groups is 1. The number of carboxylic acid groups (broad SMARTS) is 1. The molecule has 0 spiro atoms. The van der Waals surface area contributed by atoms with Crippen molar-refractivity contribution in [2.45, 2.75) is 11.8 Å². The number of rotatable bonds is 10. The van der Waals surface area contributed by atoms with E-state index in [1.807, 2.05) is 0 Å². The number of phenolic OH excluding ortho intramolecular Hbond substituents is 1. The Morgan fingerprint density at radius 3 is 2.57 bits per heavy atom. The molecule has 0 aliphatic carbocycles. The van der Waals surface area contributed by atoms with E-state index in [1.54, 1.807) is 25.1 Å². The summed E-state index contributed by atoms with van der Waals surface area (Å²) in [5.41, 5.74) is 1.56. The Labute approximate surface area is 199 Å². The van der Waals surface area contributed by atoms with Crippen LogP contribution in [0.15, 0.2) is 70.7 Å². The van der Waals surface area contributed by atoms with E-state index in [4.69, 9.17) is 4.74 Å². The Hall–Kier alpha value is -4.65. The molecule has 12 nitrogen and oxygen atoms in total. The number of hydrogen-bond acceptors (Lipinski definition) is 9. The second-order valence-corrected chi connectivity index (χ2v) is 8.57. The summed E-state index contributed by atoms with van der Waals surface area (Å²) in [5, 5.41) is 34.9. The summed E-state index contributed by atoms with van der Waals surface area (Å²) in [5.74, 6) is -1.26. The van der Waals surface area contributed by atoms with Gasteiger partial charge in [0.2, 0.25) is 0 Å². The molecule has 0 radical (unpaired) electrons. The van der Waals surface area contributed by atoms with Gasteiger partial charge >= 0.3 is 5.97 Å². The lowest BCUT2D eigenvalue weighted by molar-refractivity contribution is -0.384. The zero-order valence-electron chi connectivity index (χ0n) is 18.2. The second-order valence-electron chi connectivity index (χ2n) is 6.89. The predicted octanol–water partition coefficient (Wildman–Crippen LogP) is 3.64. The molecule has 3 rings (SSSR count). The number of nitrogens with zero attached hydrogens (tertiary/aromatic N) is 2. The average Bonchev–Trinajstić information content (AvgIpc) is 2.81. The van der Waals surface area contributed by atoms with Gasteiger partial charge in [0.05, 0.1) is 33.9 Å². The molecule has 0 saturated heterocycles. The highest BCUT2D eigenvalue weighted by Crippen LogP contribution is 2.30. The second kappa shape index (κ2) is 10.5. The number of phenols is 1. The number of nitrogens with one attached hydrogen (secondary N) is 2. The van der Waals surface area contributed by atoms with Gasteiger partial charge in [0.25, 0.3) is 15.7 Å². The maximum Gasteiger partial charge on any atom is 0.337 e. The molecule has 0 atom stereocenters. The minimum atomic E-state index is -4.35. The van der Waals surface area contributed by atoms with Crippen LogP contribution in [0.4, 0.5) is 17.1 Å². The van der Waals surface area contributed by atoms with Crippen LogP contribution in [-0.4, -0.2) is 42.3 Å². The number of anilines is 2. The first-order valence-corrected chi connectivity index (χ1v) is 11.5. The molecule has 0 fully saturated rings. The monoisotopic (exact) mass is 500 g/mol. The summed E-state index contributed by atoms with van der Waals surface area (Å²) in [6, 6.07) is 13.2. The van der Waals surface area contributed by atoms with E-state index in [0.717, 1.165) is 18.2 Å². The van der Waals surface area contributed by atoms with Crippen LogP contribution < -0.4 is 14.9 Å². The number of aromatic carboxylic acids is 1. The smallest absolute Gasteiger partial charge is 0.337 e. The lowest BCUT2D eigenvalue weighted by atomic mass is 10.2. The molecular weight excluding hydrogens is 480 g/mol. The Kier molecular flexibility index (Phi) is 7.51. The van der Waals surface area contributed by atoms with Gasteiger partial charge in [-0.3, -0.25) is 20.3 Å². The summed E-state index contributed by atoms with van der Waals surface area (Å²) in [4.78, 5) is 21.7. The van der Waals surface area contributed by atoms with Gasteiger partial charge in [-0.05, 0) is 43.3 Å². The van der Waals surface area contributed by atoms with Crippen LogP contribution in [0.2, 0.25) is 0 Å². The van der Waals surface area contributed by atoms with Crippen molar-refractivity contribution in [1.29, 1.82) is 0 Å². The standard InChI is InChI=1S/C22H20N4O8S/c1-2-34-20-9-5-6-14(21(20)27)13-23-24-18-11-10-15(12-19(18)26(30)31)35(32,33)25-17-8-4-3-7-16(17)22(28)29/h3-13,24-25,27H,2H2,1H3,(H,28,29). The molecule has 0 aromatic heterocycles. The Morgan fingerprint density at radius 1 is 1.14 bits per heavy atom. The van der Waals surface area contributed by atoms with E-state index < -0.39 is 31.5 Å². The lowest BCUT2D eigenvalue weighted by Gasteiger charge is -2.11. The van der Waals surface area contributed by atoms with E-state index in [2.05, 4.69) is 15.2 Å². The summed E-state index contributed by atoms with van der Waals surface area (Å²) >= 11 is 0. The van der Waals surface area contributed by atoms with Crippen molar-refractivity contribution < 1.29 is 33.1 Å². The third kappa shape index (κ3) is 5.83. The fourth-order valence-corrected chi connectivity index (χ4v) is 4.07. The number of carboxylic acids is 1. The van der Waals surface area contributed by atoms with Crippen molar-refractivity contribution in [1.82, 2.24) is 0 Å². The van der Waals surface area contributed by atoms with Gasteiger partial charge in [0.15, 0.2) is 11.5 Å². The maximum absolute atomic E-state index is 12.8. The molecule has 3 aromatic rings. The molecule has 0 bridgehead atoms. The number of aromatic hydroxyl groups is 1. The van der Waals surface area contributed by atoms with Crippen molar-refractivity contribution in [3.63, 3.8) is 0 Å². The molecule has 3 aromatic carbocycles. The third-order valence-corrected chi connectivity index (χ3v) is 5.96. The van der Waals surface area contributed by atoms with Gasteiger partial charge in [0, 0.05) is 11.6 Å². The van der Waals surface area contributed by atoms with Gasteiger partial charge in [-0.1, -0.05) is 18.2 Å². The zero-order valence-corrected chi connectivity index (χ0v) is 19.0. The number of hydrogen-bond donors (Lipinski definition) is 4. The largest absolute Gasteiger partial charge is 0.504 e. The lowest BCUT2D eigenvalue weighted by Crippen LogP contribution is -2.16. The molecule has 0 aliphatic heterocycles. The highest BCUT2D eigenvalue weighted by molar-refractivity contribution is 7.92. The molecular formula is C22H20N4O8S. The molecule has 182 valence electrons. The number of para-hydroxylation sites is 2. The van der Waals surface area contributed by atoms with Crippen molar-refractivity contribution in [2.75, 3.05) is 16.8 Å². The fraction of sp³-hybridized carbons (Fsp3) is 0.0909. The highest BCUT2D eigenvalue weighted by atomic mass is 32.2. The number of nitro groups is 1. The summed E-state index contributed by atoms with van der Waals surface area (Å²) in [6.45, 7) is 2.09. The zero-order chi connectivity index (χ0) is 25.6. The number of benzene rings is 3. The van der Waals surface area contributed by atoms with E-state index in [-0.39, 0.29) is 34.0 Å². The SMILES string of the molecule is CCOc1cccc(C=NNc2ccc(S(=O)(=O)Nc3ccccc3C(=O)O)cc2[N+](=O)[O-])c1O. The van der Waals surface area contributed by atoms with Gasteiger partial charge < -0.3 is 14.9 Å².